The van der Waals surface area contributed by atoms with Crippen LogP contribution in [0.4, 0.5) is 0 Å². The number of hydrogen-bond acceptors (Lipinski definition) is 1. The van der Waals surface area contributed by atoms with E-state index in [2.05, 4.69) is 84.9 Å². The lowest BCUT2D eigenvalue weighted by molar-refractivity contribution is 0.575. The molecule has 1 nitrogen and oxygen atoms in total. The molecule has 6 rings (SSSR count). The van der Waals surface area contributed by atoms with Crippen molar-refractivity contribution in [2.75, 3.05) is 0 Å². The van der Waals surface area contributed by atoms with Crippen LogP contribution in [0.1, 0.15) is 29.2 Å². The summed E-state index contributed by atoms with van der Waals surface area (Å²) in [7, 11) is 0. The Balaban J connectivity index is 1.43. The highest BCUT2D eigenvalue weighted by atomic mass is 14.7. The Morgan fingerprint density at radius 2 is 1.43 bits per heavy atom. The molecule has 1 aliphatic carbocycles. The molecule has 1 heteroatoms. The van der Waals surface area contributed by atoms with Gasteiger partial charge in [-0.3, -0.25) is 4.98 Å². The summed E-state index contributed by atoms with van der Waals surface area (Å²) in [4.78, 5) is 4.98. The monoisotopic (exact) mass is 359 g/mol. The lowest BCUT2D eigenvalue weighted by Crippen LogP contribution is -2.14. The number of hydrogen-bond donors (Lipinski definition) is 0. The quantitative estimate of drug-likeness (QED) is 0.299. The third-order valence-corrected chi connectivity index (χ3v) is 6.38. The first-order chi connectivity index (χ1) is 13.9. The lowest BCUT2D eigenvalue weighted by Gasteiger charge is -2.26. The van der Waals surface area contributed by atoms with Crippen molar-refractivity contribution in [2.24, 2.45) is 0 Å². The van der Waals surface area contributed by atoms with Gasteiger partial charge in [0.1, 0.15) is 0 Å². The summed E-state index contributed by atoms with van der Waals surface area (Å²) in [6, 6.07) is 30.9. The van der Waals surface area contributed by atoms with Crippen molar-refractivity contribution in [3.05, 3.63) is 102 Å². The Kier molecular flexibility index (Phi) is 3.49. The molecule has 134 valence electrons. The van der Waals surface area contributed by atoms with Gasteiger partial charge in [0.15, 0.2) is 0 Å². The van der Waals surface area contributed by atoms with E-state index in [-0.39, 0.29) is 0 Å². The van der Waals surface area contributed by atoms with Gasteiger partial charge in [0.05, 0.1) is 5.52 Å². The second-order valence-corrected chi connectivity index (χ2v) is 7.95. The summed E-state index contributed by atoms with van der Waals surface area (Å²) in [5.74, 6) is 0.509. The van der Waals surface area contributed by atoms with E-state index in [1.165, 1.54) is 44.6 Å². The van der Waals surface area contributed by atoms with Crippen LogP contribution in [0.15, 0.2) is 84.9 Å². The zero-order chi connectivity index (χ0) is 18.5. The minimum Gasteiger partial charge on any atom is -0.253 e. The van der Waals surface area contributed by atoms with Crippen molar-refractivity contribution in [3.8, 4) is 0 Å². The Morgan fingerprint density at radius 1 is 0.643 bits per heavy atom. The maximum atomic E-state index is 4.98. The van der Waals surface area contributed by atoms with Crippen LogP contribution in [0.2, 0.25) is 0 Å². The first-order valence-corrected chi connectivity index (χ1v) is 10.1. The van der Waals surface area contributed by atoms with Gasteiger partial charge in [-0.05, 0) is 64.1 Å². The van der Waals surface area contributed by atoms with Crippen molar-refractivity contribution in [1.29, 1.82) is 0 Å². The number of aromatic nitrogens is 1. The molecule has 0 amide bonds. The van der Waals surface area contributed by atoms with Gasteiger partial charge >= 0.3 is 0 Å². The first-order valence-electron chi connectivity index (χ1n) is 10.1. The zero-order valence-electron chi connectivity index (χ0n) is 15.7. The number of fused-ring (bicyclic) bond motifs is 6. The third kappa shape index (κ3) is 2.43. The molecule has 0 aliphatic heterocycles. The molecule has 0 N–H and O–H groups in total. The Morgan fingerprint density at radius 3 is 2.39 bits per heavy atom. The molecule has 5 aromatic rings. The van der Waals surface area contributed by atoms with Crippen molar-refractivity contribution in [3.63, 3.8) is 0 Å². The standard InChI is InChI=1S/C27H21N/c1-3-7-22-18(5-1)9-14-25-23-13-11-21(17-20(23)10-15-24(22)25)27-16-12-19-6-2-4-8-26(19)28-27/h1-10,12,14-16,21H,11,13,17H2. The normalized spacial score (nSPS) is 16.5. The maximum absolute atomic E-state index is 4.98. The number of benzene rings is 4. The van der Waals surface area contributed by atoms with Crippen LogP contribution in [0.5, 0.6) is 0 Å². The molecule has 0 radical (unpaired) electrons. The van der Waals surface area contributed by atoms with Crippen molar-refractivity contribution >= 4 is 32.4 Å². The molecule has 1 unspecified atom stereocenters. The van der Waals surface area contributed by atoms with E-state index in [4.69, 9.17) is 4.98 Å². The summed E-state index contributed by atoms with van der Waals surface area (Å²) < 4.78 is 0. The summed E-state index contributed by atoms with van der Waals surface area (Å²) in [6.45, 7) is 0. The molecule has 0 fully saturated rings. The molecule has 0 saturated heterocycles. The van der Waals surface area contributed by atoms with Crippen LogP contribution < -0.4 is 0 Å². The molecule has 0 spiro atoms. The topological polar surface area (TPSA) is 12.9 Å². The first kappa shape index (κ1) is 15.8. The third-order valence-electron chi connectivity index (χ3n) is 6.38. The smallest absolute Gasteiger partial charge is 0.0705 e. The van der Waals surface area contributed by atoms with Crippen LogP contribution >= 0.6 is 0 Å². The van der Waals surface area contributed by atoms with E-state index in [1.807, 2.05) is 0 Å². The number of para-hydroxylation sites is 1. The largest absolute Gasteiger partial charge is 0.253 e. The molecular weight excluding hydrogens is 338 g/mol. The fourth-order valence-electron chi connectivity index (χ4n) is 4.93. The molecule has 1 heterocycles. The molecule has 0 bridgehead atoms. The zero-order valence-corrected chi connectivity index (χ0v) is 15.7. The number of nitrogens with zero attached hydrogens (tertiary/aromatic N) is 1. The van der Waals surface area contributed by atoms with Gasteiger partial charge in [0.25, 0.3) is 0 Å². The Labute approximate surface area is 164 Å². The summed E-state index contributed by atoms with van der Waals surface area (Å²) in [5.41, 5.74) is 5.38. The van der Waals surface area contributed by atoms with E-state index in [9.17, 15) is 0 Å². The van der Waals surface area contributed by atoms with Gasteiger partial charge in [-0.2, -0.15) is 0 Å². The van der Waals surface area contributed by atoms with Gasteiger partial charge in [-0.25, -0.2) is 0 Å². The van der Waals surface area contributed by atoms with Crippen LogP contribution in [-0.4, -0.2) is 4.98 Å². The predicted octanol–water partition coefficient (Wildman–Crippen LogP) is 6.81. The molecule has 28 heavy (non-hydrogen) atoms. The van der Waals surface area contributed by atoms with E-state index in [0.29, 0.717) is 5.92 Å². The summed E-state index contributed by atoms with van der Waals surface area (Å²) in [6.07, 6.45) is 3.39. The molecule has 1 aromatic heterocycles. The second kappa shape index (κ2) is 6.17. The fraction of sp³-hybridized carbons (Fsp3) is 0.148. The highest BCUT2D eigenvalue weighted by molar-refractivity contribution is 6.08. The van der Waals surface area contributed by atoms with Crippen LogP contribution in [0.25, 0.3) is 32.4 Å². The average molecular weight is 359 g/mol. The van der Waals surface area contributed by atoms with Gasteiger partial charge in [-0.1, -0.05) is 72.8 Å². The van der Waals surface area contributed by atoms with Crippen molar-refractivity contribution in [2.45, 2.75) is 25.2 Å². The molecule has 1 aliphatic rings. The Bertz CT molecular complexity index is 1350. The minimum atomic E-state index is 0.509. The minimum absolute atomic E-state index is 0.509. The Hall–Kier alpha value is -3.19. The highest BCUT2D eigenvalue weighted by Gasteiger charge is 2.23. The van der Waals surface area contributed by atoms with E-state index in [0.717, 1.165) is 18.4 Å². The van der Waals surface area contributed by atoms with Crippen LogP contribution in [-0.2, 0) is 12.8 Å². The summed E-state index contributed by atoms with van der Waals surface area (Å²) in [5, 5.41) is 6.73. The molecular formula is C27H21N. The van der Waals surface area contributed by atoms with E-state index < -0.39 is 0 Å². The van der Waals surface area contributed by atoms with Gasteiger partial charge in [0, 0.05) is 17.0 Å². The number of rotatable bonds is 1. The van der Waals surface area contributed by atoms with Crippen molar-refractivity contribution < 1.29 is 0 Å². The van der Waals surface area contributed by atoms with Crippen LogP contribution in [0, 0.1) is 0 Å². The van der Waals surface area contributed by atoms with Gasteiger partial charge in [-0.15, -0.1) is 0 Å². The lowest BCUT2D eigenvalue weighted by atomic mass is 9.79. The van der Waals surface area contributed by atoms with E-state index >= 15 is 0 Å². The summed E-state index contributed by atoms with van der Waals surface area (Å²) >= 11 is 0. The van der Waals surface area contributed by atoms with Crippen molar-refractivity contribution in [1.82, 2.24) is 4.98 Å². The van der Waals surface area contributed by atoms with Gasteiger partial charge < -0.3 is 0 Å². The van der Waals surface area contributed by atoms with Crippen LogP contribution in [0.3, 0.4) is 0 Å². The number of pyridine rings is 1. The SMILES string of the molecule is c1ccc2nc(C3CCc4c(ccc5c4ccc4ccccc45)C3)ccc2c1. The predicted molar refractivity (Wildman–Crippen MR) is 118 cm³/mol. The maximum Gasteiger partial charge on any atom is 0.0705 e. The molecule has 1 atom stereocenters. The number of aryl methyl sites for hydroxylation is 1. The highest BCUT2D eigenvalue weighted by Crippen LogP contribution is 2.37. The average Bonchev–Trinajstić information content (AvgIpc) is 2.78. The van der Waals surface area contributed by atoms with E-state index in [1.54, 1.807) is 5.56 Å². The molecule has 4 aromatic carbocycles. The molecule has 0 saturated carbocycles. The second-order valence-electron chi connectivity index (χ2n) is 7.95. The van der Waals surface area contributed by atoms with Gasteiger partial charge in [0.2, 0.25) is 0 Å². The fourth-order valence-corrected chi connectivity index (χ4v) is 4.93.